The van der Waals surface area contributed by atoms with Crippen LogP contribution in [-0.2, 0) is 11.9 Å². The summed E-state index contributed by atoms with van der Waals surface area (Å²) in [5.74, 6) is 1.03. The van der Waals surface area contributed by atoms with E-state index in [4.69, 9.17) is 4.42 Å². The number of nitrogens with one attached hydrogen (secondary N) is 1. The molecule has 2 aromatic rings. The molecule has 0 saturated carbocycles. The molecule has 0 unspecified atom stereocenters. The highest BCUT2D eigenvalue weighted by Crippen LogP contribution is 2.32. The topological polar surface area (TPSA) is 71.3 Å². The number of thioether (sulfide) groups is 1. The van der Waals surface area contributed by atoms with E-state index in [0.717, 1.165) is 17.8 Å². The molecule has 10 heteroatoms. The molecule has 0 fully saturated rings. The Bertz CT molecular complexity index is 820. The summed E-state index contributed by atoms with van der Waals surface area (Å²) >= 11 is 1.03. The van der Waals surface area contributed by atoms with Crippen LogP contribution in [0.25, 0.3) is 0 Å². The van der Waals surface area contributed by atoms with Gasteiger partial charge < -0.3 is 14.6 Å². The maximum absolute atomic E-state index is 13.2. The summed E-state index contributed by atoms with van der Waals surface area (Å²) < 4.78 is 45.2. The summed E-state index contributed by atoms with van der Waals surface area (Å²) in [6.07, 6.45) is -4.56. The third kappa shape index (κ3) is 6.66. The SMILES string of the molecule is CCN(CC)c1cc(C(F)(F)F)nc(SCc2ccc(C(=O)NCC(C)C)o2)n1. The van der Waals surface area contributed by atoms with Crippen LogP contribution in [0, 0.1) is 5.92 Å². The monoisotopic (exact) mass is 430 g/mol. The molecule has 2 heterocycles. The van der Waals surface area contributed by atoms with Crippen molar-refractivity contribution >= 4 is 23.5 Å². The minimum Gasteiger partial charge on any atom is -0.455 e. The van der Waals surface area contributed by atoms with Crippen molar-refractivity contribution in [1.29, 1.82) is 0 Å². The van der Waals surface area contributed by atoms with E-state index in [9.17, 15) is 18.0 Å². The zero-order chi connectivity index (χ0) is 21.6. The molecule has 6 nitrogen and oxygen atoms in total. The number of nitrogens with zero attached hydrogens (tertiary/aromatic N) is 3. The second kappa shape index (κ2) is 10.00. The highest BCUT2D eigenvalue weighted by atomic mass is 32.2. The van der Waals surface area contributed by atoms with Crippen molar-refractivity contribution in [1.82, 2.24) is 15.3 Å². The van der Waals surface area contributed by atoms with Gasteiger partial charge >= 0.3 is 6.18 Å². The smallest absolute Gasteiger partial charge is 0.433 e. The van der Waals surface area contributed by atoms with E-state index in [0.29, 0.717) is 31.3 Å². The zero-order valence-electron chi connectivity index (χ0n) is 16.8. The standard InChI is InChI=1S/C19H25F3N4O2S/c1-5-26(6-2)16-9-15(19(20,21)22)24-18(25-16)29-11-13-7-8-14(28-13)17(27)23-10-12(3)4/h7-9,12H,5-6,10-11H2,1-4H3,(H,23,27). The maximum atomic E-state index is 13.2. The van der Waals surface area contributed by atoms with E-state index < -0.39 is 11.9 Å². The number of hydrogen-bond acceptors (Lipinski definition) is 6. The van der Waals surface area contributed by atoms with Crippen molar-refractivity contribution in [2.45, 2.75) is 44.8 Å². The van der Waals surface area contributed by atoms with Crippen LogP contribution in [0.2, 0.25) is 0 Å². The lowest BCUT2D eigenvalue weighted by Gasteiger charge is -2.21. The molecule has 0 radical (unpaired) electrons. The van der Waals surface area contributed by atoms with Crippen LogP contribution in [0.15, 0.2) is 27.8 Å². The predicted octanol–water partition coefficient (Wildman–Crippen LogP) is 4.61. The van der Waals surface area contributed by atoms with E-state index in [-0.39, 0.29) is 28.4 Å². The number of hydrogen-bond donors (Lipinski definition) is 1. The van der Waals surface area contributed by atoms with Crippen molar-refractivity contribution in [2.75, 3.05) is 24.5 Å². The molecule has 0 bridgehead atoms. The molecule has 1 amide bonds. The molecular weight excluding hydrogens is 405 g/mol. The molecule has 29 heavy (non-hydrogen) atoms. The number of rotatable bonds is 9. The number of furan rings is 1. The van der Waals surface area contributed by atoms with Gasteiger partial charge in [0, 0.05) is 25.7 Å². The summed E-state index contributed by atoms with van der Waals surface area (Å²) in [5.41, 5.74) is -0.981. The average molecular weight is 430 g/mol. The van der Waals surface area contributed by atoms with Crippen LogP contribution in [0.5, 0.6) is 0 Å². The highest BCUT2D eigenvalue weighted by molar-refractivity contribution is 7.98. The second-order valence-electron chi connectivity index (χ2n) is 6.72. The normalized spacial score (nSPS) is 11.7. The third-order valence-corrected chi connectivity index (χ3v) is 4.84. The number of alkyl halides is 3. The number of carbonyl (C=O) groups excluding carboxylic acids is 1. The molecule has 0 saturated heterocycles. The fraction of sp³-hybridized carbons (Fsp3) is 0.526. The fourth-order valence-electron chi connectivity index (χ4n) is 2.43. The van der Waals surface area contributed by atoms with Gasteiger partial charge in [-0.05, 0) is 31.9 Å². The van der Waals surface area contributed by atoms with Gasteiger partial charge in [0.05, 0.1) is 5.75 Å². The van der Waals surface area contributed by atoms with Crippen molar-refractivity contribution in [3.8, 4) is 0 Å². The van der Waals surface area contributed by atoms with Crippen LogP contribution >= 0.6 is 11.8 Å². The lowest BCUT2D eigenvalue weighted by molar-refractivity contribution is -0.141. The minimum atomic E-state index is -4.56. The van der Waals surface area contributed by atoms with Crippen molar-refractivity contribution < 1.29 is 22.4 Å². The summed E-state index contributed by atoms with van der Waals surface area (Å²) in [4.78, 5) is 21.6. The minimum absolute atomic E-state index is 0.00364. The fourth-order valence-corrected chi connectivity index (χ4v) is 3.18. The average Bonchev–Trinajstić information content (AvgIpc) is 3.14. The van der Waals surface area contributed by atoms with Crippen LogP contribution in [-0.4, -0.2) is 35.5 Å². The Hall–Kier alpha value is -2.23. The van der Waals surface area contributed by atoms with Gasteiger partial charge in [-0.15, -0.1) is 0 Å². The van der Waals surface area contributed by atoms with Gasteiger partial charge in [-0.3, -0.25) is 4.79 Å². The Morgan fingerprint density at radius 2 is 1.93 bits per heavy atom. The Labute approximate surface area is 172 Å². The van der Waals surface area contributed by atoms with Gasteiger partial charge in [0.15, 0.2) is 16.6 Å². The van der Waals surface area contributed by atoms with Crippen LogP contribution in [0.3, 0.4) is 0 Å². The summed E-state index contributed by atoms with van der Waals surface area (Å²) in [5, 5.41) is 2.75. The molecule has 0 spiro atoms. The van der Waals surface area contributed by atoms with Gasteiger partial charge in [0.1, 0.15) is 11.6 Å². The quantitative estimate of drug-likeness (QED) is 0.463. The Morgan fingerprint density at radius 1 is 1.24 bits per heavy atom. The summed E-state index contributed by atoms with van der Waals surface area (Å²) in [6, 6.07) is 4.12. The molecular formula is C19H25F3N4O2S. The first kappa shape index (κ1) is 23.1. The number of anilines is 1. The lowest BCUT2D eigenvalue weighted by atomic mass is 10.2. The molecule has 160 valence electrons. The Balaban J connectivity index is 2.14. The number of amides is 1. The van der Waals surface area contributed by atoms with Gasteiger partial charge in [0.25, 0.3) is 5.91 Å². The largest absolute Gasteiger partial charge is 0.455 e. The number of aromatic nitrogens is 2. The summed E-state index contributed by atoms with van der Waals surface area (Å²) in [6.45, 7) is 9.23. The van der Waals surface area contributed by atoms with Crippen molar-refractivity contribution in [3.63, 3.8) is 0 Å². The number of halogens is 3. The molecule has 1 N–H and O–H groups in total. The molecule has 0 aliphatic carbocycles. The first-order chi connectivity index (χ1) is 13.6. The molecule has 2 aromatic heterocycles. The Morgan fingerprint density at radius 3 is 2.52 bits per heavy atom. The zero-order valence-corrected chi connectivity index (χ0v) is 17.7. The molecule has 0 atom stereocenters. The van der Waals surface area contributed by atoms with Crippen molar-refractivity contribution in [3.05, 3.63) is 35.4 Å². The summed E-state index contributed by atoms with van der Waals surface area (Å²) in [7, 11) is 0. The first-order valence-corrected chi connectivity index (χ1v) is 10.3. The van der Waals surface area contributed by atoms with E-state index in [1.54, 1.807) is 17.0 Å². The van der Waals surface area contributed by atoms with E-state index in [1.807, 2.05) is 27.7 Å². The molecule has 0 aromatic carbocycles. The van der Waals surface area contributed by atoms with E-state index >= 15 is 0 Å². The third-order valence-electron chi connectivity index (χ3n) is 3.97. The highest BCUT2D eigenvalue weighted by Gasteiger charge is 2.34. The second-order valence-corrected chi connectivity index (χ2v) is 7.67. The van der Waals surface area contributed by atoms with Gasteiger partial charge in [0.2, 0.25) is 0 Å². The van der Waals surface area contributed by atoms with Crippen LogP contribution in [0.4, 0.5) is 19.0 Å². The van der Waals surface area contributed by atoms with Crippen LogP contribution in [0.1, 0.15) is 49.7 Å². The predicted molar refractivity (Wildman–Crippen MR) is 106 cm³/mol. The molecule has 0 aliphatic rings. The lowest BCUT2D eigenvalue weighted by Crippen LogP contribution is -2.26. The number of carbonyl (C=O) groups is 1. The van der Waals surface area contributed by atoms with Crippen LogP contribution < -0.4 is 10.2 Å². The first-order valence-electron chi connectivity index (χ1n) is 9.34. The molecule has 0 aliphatic heterocycles. The van der Waals surface area contributed by atoms with E-state index in [2.05, 4.69) is 15.3 Å². The van der Waals surface area contributed by atoms with Gasteiger partial charge in [-0.1, -0.05) is 25.6 Å². The van der Waals surface area contributed by atoms with Gasteiger partial charge in [-0.2, -0.15) is 13.2 Å². The molecule has 2 rings (SSSR count). The van der Waals surface area contributed by atoms with Crippen molar-refractivity contribution in [2.24, 2.45) is 5.92 Å². The maximum Gasteiger partial charge on any atom is 0.433 e. The van der Waals surface area contributed by atoms with Gasteiger partial charge in [-0.25, -0.2) is 9.97 Å². The van der Waals surface area contributed by atoms with E-state index in [1.165, 1.54) is 0 Å². The Kier molecular flexibility index (Phi) is 7.95.